The van der Waals surface area contributed by atoms with Crippen LogP contribution in [0.5, 0.6) is 5.75 Å². The van der Waals surface area contributed by atoms with E-state index >= 15 is 0 Å². The van der Waals surface area contributed by atoms with Crippen LogP contribution in [0.4, 0.5) is 0 Å². The summed E-state index contributed by atoms with van der Waals surface area (Å²) in [6.07, 6.45) is 1.23. The van der Waals surface area contributed by atoms with Gasteiger partial charge in [-0.15, -0.1) is 0 Å². The standard InChI is InChI=1S/C29H36N6O7/c1-15(2)25(35-26(38)20(30)12-17-14-32-21-6-4-3-5-19(17)21)28(40)33-22(13-24(31)37)27(39)34-23(29(41)42)11-16-7-9-18(36)10-8-16/h3-10,14-15,20,22-23,25,32,36H,11-13,30H2,1-2H3,(H2,31,37)(H,33,40)(H,34,39)(H,35,38)(H,41,42). The van der Waals surface area contributed by atoms with Gasteiger partial charge in [0.05, 0.1) is 12.5 Å². The van der Waals surface area contributed by atoms with Crippen molar-refractivity contribution in [3.63, 3.8) is 0 Å². The van der Waals surface area contributed by atoms with Gasteiger partial charge in [-0.1, -0.05) is 44.2 Å². The second-order valence-electron chi connectivity index (χ2n) is 10.4. The van der Waals surface area contributed by atoms with Crippen molar-refractivity contribution >= 4 is 40.5 Å². The number of amides is 4. The Kier molecular flexibility index (Phi) is 10.6. The number of carboxylic acids is 1. The van der Waals surface area contributed by atoms with E-state index in [4.69, 9.17) is 11.5 Å². The number of hydrogen-bond donors (Lipinski definition) is 8. The average Bonchev–Trinajstić information content (AvgIpc) is 3.33. The summed E-state index contributed by atoms with van der Waals surface area (Å²) in [4.78, 5) is 65.9. The highest BCUT2D eigenvalue weighted by Gasteiger charge is 2.32. The first-order valence-electron chi connectivity index (χ1n) is 13.4. The number of carbonyl (C=O) groups excluding carboxylic acids is 4. The van der Waals surface area contributed by atoms with Gasteiger partial charge in [0.2, 0.25) is 23.6 Å². The third kappa shape index (κ3) is 8.54. The summed E-state index contributed by atoms with van der Waals surface area (Å²) in [7, 11) is 0. The van der Waals surface area contributed by atoms with Crippen molar-refractivity contribution in [1.82, 2.24) is 20.9 Å². The molecule has 1 heterocycles. The Morgan fingerprint density at radius 2 is 1.50 bits per heavy atom. The lowest BCUT2D eigenvalue weighted by Crippen LogP contribution is -2.59. The third-order valence-corrected chi connectivity index (χ3v) is 6.73. The van der Waals surface area contributed by atoms with E-state index < -0.39 is 66.1 Å². The second-order valence-corrected chi connectivity index (χ2v) is 10.4. The van der Waals surface area contributed by atoms with E-state index in [2.05, 4.69) is 20.9 Å². The maximum Gasteiger partial charge on any atom is 0.326 e. The number of rotatable bonds is 14. The molecule has 3 aromatic rings. The fourth-order valence-corrected chi connectivity index (χ4v) is 4.44. The number of phenols is 1. The number of fused-ring (bicyclic) bond motifs is 1. The van der Waals surface area contributed by atoms with E-state index in [1.165, 1.54) is 24.3 Å². The molecule has 0 saturated heterocycles. The Morgan fingerprint density at radius 3 is 2.12 bits per heavy atom. The molecular formula is C29H36N6O7. The lowest BCUT2D eigenvalue weighted by Gasteiger charge is -2.26. The van der Waals surface area contributed by atoms with Crippen LogP contribution in [-0.2, 0) is 36.8 Å². The summed E-state index contributed by atoms with van der Waals surface area (Å²) in [5.74, 6) is -5.02. The molecule has 13 heteroatoms. The van der Waals surface area contributed by atoms with E-state index in [1.807, 2.05) is 24.3 Å². The molecule has 0 aliphatic carbocycles. The largest absolute Gasteiger partial charge is 0.508 e. The first-order chi connectivity index (χ1) is 19.8. The molecule has 10 N–H and O–H groups in total. The lowest BCUT2D eigenvalue weighted by atomic mass is 10.00. The van der Waals surface area contributed by atoms with Gasteiger partial charge < -0.3 is 42.6 Å². The van der Waals surface area contributed by atoms with Crippen LogP contribution >= 0.6 is 0 Å². The zero-order valence-electron chi connectivity index (χ0n) is 23.3. The molecule has 0 aliphatic heterocycles. The molecule has 0 aliphatic rings. The van der Waals surface area contributed by atoms with Crippen molar-refractivity contribution < 1.29 is 34.2 Å². The topological polar surface area (TPSA) is 230 Å². The smallest absolute Gasteiger partial charge is 0.326 e. The number of carboxylic acid groups (broad SMARTS) is 1. The van der Waals surface area contributed by atoms with Crippen LogP contribution in [-0.4, -0.2) is 69.0 Å². The minimum absolute atomic E-state index is 0.00962. The summed E-state index contributed by atoms with van der Waals surface area (Å²) in [5, 5.41) is 27.4. The summed E-state index contributed by atoms with van der Waals surface area (Å²) < 4.78 is 0. The minimum Gasteiger partial charge on any atom is -0.508 e. The highest BCUT2D eigenvalue weighted by atomic mass is 16.4. The van der Waals surface area contributed by atoms with Gasteiger partial charge in [-0.2, -0.15) is 0 Å². The van der Waals surface area contributed by atoms with Crippen molar-refractivity contribution in [2.45, 2.75) is 57.3 Å². The molecule has 0 bridgehead atoms. The molecule has 42 heavy (non-hydrogen) atoms. The predicted octanol–water partition coefficient (Wildman–Crippen LogP) is 0.0564. The van der Waals surface area contributed by atoms with Crippen molar-refractivity contribution in [3.8, 4) is 5.75 Å². The first-order valence-corrected chi connectivity index (χ1v) is 13.4. The summed E-state index contributed by atoms with van der Waals surface area (Å²) in [6, 6.07) is 8.28. The predicted molar refractivity (Wildman–Crippen MR) is 154 cm³/mol. The van der Waals surface area contributed by atoms with Gasteiger partial charge >= 0.3 is 5.97 Å². The van der Waals surface area contributed by atoms with Crippen LogP contribution in [0.1, 0.15) is 31.4 Å². The number of aliphatic carboxylic acids is 1. The number of aromatic nitrogens is 1. The minimum atomic E-state index is -1.50. The monoisotopic (exact) mass is 580 g/mol. The molecule has 4 atom stereocenters. The van der Waals surface area contributed by atoms with Crippen LogP contribution in [0.2, 0.25) is 0 Å². The lowest BCUT2D eigenvalue weighted by molar-refractivity contribution is -0.142. The number of para-hydroxylation sites is 1. The van der Waals surface area contributed by atoms with Gasteiger partial charge in [0.15, 0.2) is 0 Å². The Labute approximate surface area is 242 Å². The van der Waals surface area contributed by atoms with Gasteiger partial charge in [0.1, 0.15) is 23.9 Å². The average molecular weight is 581 g/mol. The fourth-order valence-electron chi connectivity index (χ4n) is 4.44. The van der Waals surface area contributed by atoms with Gasteiger partial charge in [0.25, 0.3) is 0 Å². The first kappa shape index (κ1) is 31.6. The molecule has 1 aromatic heterocycles. The van der Waals surface area contributed by atoms with Crippen LogP contribution in [0, 0.1) is 5.92 Å². The van der Waals surface area contributed by atoms with Crippen molar-refractivity contribution in [2.24, 2.45) is 17.4 Å². The quantitative estimate of drug-likeness (QED) is 0.130. The second kappa shape index (κ2) is 14.1. The van der Waals surface area contributed by atoms with Crippen LogP contribution in [0.3, 0.4) is 0 Å². The number of H-pyrrole nitrogens is 1. The molecule has 4 unspecified atom stereocenters. The van der Waals surface area contributed by atoms with Gasteiger partial charge in [-0.25, -0.2) is 4.79 Å². The molecule has 224 valence electrons. The Balaban J connectivity index is 1.68. The Hall–Kier alpha value is -4.91. The number of nitrogens with two attached hydrogens (primary N) is 2. The molecule has 3 rings (SSSR count). The maximum absolute atomic E-state index is 13.2. The van der Waals surface area contributed by atoms with Crippen molar-refractivity contribution in [3.05, 3.63) is 65.9 Å². The zero-order chi connectivity index (χ0) is 31.0. The molecule has 0 radical (unpaired) electrons. The molecular weight excluding hydrogens is 544 g/mol. The molecule has 2 aromatic carbocycles. The molecule has 0 spiro atoms. The van der Waals surface area contributed by atoms with E-state index in [0.29, 0.717) is 5.56 Å². The Bertz CT molecular complexity index is 1440. The number of carbonyl (C=O) groups is 5. The number of phenolic OH excluding ortho intramolecular Hbond substituents is 1. The number of benzene rings is 2. The fraction of sp³-hybridized carbons (Fsp3) is 0.345. The van der Waals surface area contributed by atoms with Crippen molar-refractivity contribution in [1.29, 1.82) is 0 Å². The van der Waals surface area contributed by atoms with Crippen LogP contribution in [0.25, 0.3) is 10.9 Å². The summed E-state index contributed by atoms with van der Waals surface area (Å²) in [6.45, 7) is 3.36. The van der Waals surface area contributed by atoms with E-state index in [9.17, 15) is 34.2 Å². The number of aromatic hydroxyl groups is 1. The maximum atomic E-state index is 13.2. The Morgan fingerprint density at radius 1 is 0.857 bits per heavy atom. The number of hydrogen-bond acceptors (Lipinski definition) is 7. The normalized spacial score (nSPS) is 14.0. The summed E-state index contributed by atoms with van der Waals surface area (Å²) in [5.41, 5.74) is 13.7. The molecule has 0 saturated carbocycles. The third-order valence-electron chi connectivity index (χ3n) is 6.73. The van der Waals surface area contributed by atoms with E-state index in [1.54, 1.807) is 20.0 Å². The number of aromatic amines is 1. The van der Waals surface area contributed by atoms with Crippen LogP contribution in [0.15, 0.2) is 54.7 Å². The highest BCUT2D eigenvalue weighted by molar-refractivity contribution is 5.96. The van der Waals surface area contributed by atoms with Gasteiger partial charge in [0, 0.05) is 23.5 Å². The molecule has 13 nitrogen and oxygen atoms in total. The molecule has 4 amide bonds. The van der Waals surface area contributed by atoms with E-state index in [-0.39, 0.29) is 18.6 Å². The van der Waals surface area contributed by atoms with Crippen LogP contribution < -0.4 is 27.4 Å². The zero-order valence-corrected chi connectivity index (χ0v) is 23.3. The number of primary amides is 1. The SMILES string of the molecule is CC(C)C(NC(=O)C(N)Cc1c[nH]c2ccccc12)C(=O)NC(CC(N)=O)C(=O)NC(Cc1ccc(O)cc1)C(=O)O. The van der Waals surface area contributed by atoms with Crippen molar-refractivity contribution in [2.75, 3.05) is 0 Å². The van der Waals surface area contributed by atoms with E-state index in [0.717, 1.165) is 16.5 Å². The summed E-state index contributed by atoms with van der Waals surface area (Å²) >= 11 is 0. The molecule has 0 fully saturated rings. The van der Waals surface area contributed by atoms with Gasteiger partial charge in [-0.3, -0.25) is 19.2 Å². The number of nitrogens with one attached hydrogen (secondary N) is 4. The highest BCUT2D eigenvalue weighted by Crippen LogP contribution is 2.19. The van der Waals surface area contributed by atoms with Gasteiger partial charge in [-0.05, 0) is 41.7 Å².